The van der Waals surface area contributed by atoms with Gasteiger partial charge in [-0.25, -0.2) is 14.8 Å². The molecule has 6 nitrogen and oxygen atoms in total. The lowest BCUT2D eigenvalue weighted by Crippen LogP contribution is -2.10. The number of ether oxygens (including phenoxy) is 2. The van der Waals surface area contributed by atoms with Crippen LogP contribution in [0.1, 0.15) is 12.7 Å². The summed E-state index contributed by atoms with van der Waals surface area (Å²) < 4.78 is 9.90. The Bertz CT molecular complexity index is 898. The molecule has 2 aromatic carbocycles. The molecule has 6 heteroatoms. The number of aromatic nitrogens is 2. The average molecular weight is 349 g/mol. The van der Waals surface area contributed by atoms with Crippen molar-refractivity contribution in [1.29, 1.82) is 0 Å². The number of anilines is 2. The van der Waals surface area contributed by atoms with E-state index in [1.54, 1.807) is 25.1 Å². The summed E-state index contributed by atoms with van der Waals surface area (Å²) in [7, 11) is 0. The van der Waals surface area contributed by atoms with Crippen LogP contribution in [0.5, 0.6) is 5.75 Å². The molecule has 0 saturated heterocycles. The molecule has 132 valence electrons. The van der Waals surface area contributed by atoms with E-state index in [0.29, 0.717) is 17.4 Å². The van der Waals surface area contributed by atoms with Gasteiger partial charge >= 0.3 is 6.16 Å². The molecular formula is C20H19N3O3. The van der Waals surface area contributed by atoms with Gasteiger partial charge in [-0.05, 0) is 26.0 Å². The number of carbonyl (C=O) groups is 1. The smallest absolute Gasteiger partial charge is 0.434 e. The Morgan fingerprint density at radius 2 is 1.85 bits per heavy atom. The Morgan fingerprint density at radius 3 is 2.62 bits per heavy atom. The van der Waals surface area contributed by atoms with E-state index in [9.17, 15) is 4.79 Å². The third-order valence-corrected chi connectivity index (χ3v) is 3.48. The molecule has 3 aromatic rings. The van der Waals surface area contributed by atoms with E-state index in [1.165, 1.54) is 0 Å². The van der Waals surface area contributed by atoms with Gasteiger partial charge in [-0.3, -0.25) is 0 Å². The summed E-state index contributed by atoms with van der Waals surface area (Å²) in [6.07, 6.45) is -0.728. The van der Waals surface area contributed by atoms with E-state index in [-0.39, 0.29) is 6.61 Å². The normalized spacial score (nSPS) is 10.2. The second-order valence-corrected chi connectivity index (χ2v) is 5.49. The fraction of sp³-hybridized carbons (Fsp3) is 0.150. The van der Waals surface area contributed by atoms with Crippen molar-refractivity contribution in [2.24, 2.45) is 0 Å². The molecule has 0 aliphatic heterocycles. The summed E-state index contributed by atoms with van der Waals surface area (Å²) in [5.41, 5.74) is 2.59. The molecule has 0 aliphatic carbocycles. The van der Waals surface area contributed by atoms with Crippen molar-refractivity contribution in [3.63, 3.8) is 0 Å². The highest BCUT2D eigenvalue weighted by atomic mass is 16.7. The van der Waals surface area contributed by atoms with Gasteiger partial charge in [-0.15, -0.1) is 0 Å². The van der Waals surface area contributed by atoms with Crippen LogP contribution in [0.25, 0.3) is 11.3 Å². The van der Waals surface area contributed by atoms with Gasteiger partial charge in [0.1, 0.15) is 17.4 Å². The zero-order valence-electron chi connectivity index (χ0n) is 14.6. The molecule has 0 radical (unpaired) electrons. The van der Waals surface area contributed by atoms with E-state index in [4.69, 9.17) is 9.47 Å². The van der Waals surface area contributed by atoms with Gasteiger partial charge in [0.15, 0.2) is 0 Å². The summed E-state index contributed by atoms with van der Waals surface area (Å²) in [6.45, 7) is 3.83. The fourth-order valence-electron chi connectivity index (χ4n) is 2.42. The van der Waals surface area contributed by atoms with Crippen molar-refractivity contribution in [2.45, 2.75) is 13.8 Å². The lowest BCUT2D eigenvalue weighted by Gasteiger charge is -2.10. The van der Waals surface area contributed by atoms with Crippen LogP contribution in [0.3, 0.4) is 0 Å². The molecular weight excluding hydrogens is 330 g/mol. The first-order valence-corrected chi connectivity index (χ1v) is 8.27. The van der Waals surface area contributed by atoms with Crippen LogP contribution in [-0.4, -0.2) is 22.7 Å². The topological polar surface area (TPSA) is 73.3 Å². The van der Waals surface area contributed by atoms with Crippen LogP contribution in [0.2, 0.25) is 0 Å². The van der Waals surface area contributed by atoms with Crippen LogP contribution < -0.4 is 10.1 Å². The minimum absolute atomic E-state index is 0.263. The highest BCUT2D eigenvalue weighted by Crippen LogP contribution is 2.24. The SMILES string of the molecule is CCOC(=O)Oc1cccc(Nc2cc(-c3ccccc3)nc(C)n2)c1. The first-order valence-electron chi connectivity index (χ1n) is 8.27. The van der Waals surface area contributed by atoms with Crippen molar-refractivity contribution >= 4 is 17.7 Å². The number of rotatable bonds is 5. The standard InChI is InChI=1S/C20H19N3O3/c1-3-25-20(24)26-17-11-7-10-16(12-17)23-19-13-18(21-14(2)22-19)15-8-5-4-6-9-15/h4-13H,3H2,1-2H3,(H,21,22,23). The van der Waals surface area contributed by atoms with E-state index in [1.807, 2.05) is 49.4 Å². The molecule has 0 bridgehead atoms. The molecule has 1 N–H and O–H groups in total. The number of nitrogens with zero attached hydrogens (tertiary/aromatic N) is 2. The van der Waals surface area contributed by atoms with Crippen molar-refractivity contribution in [2.75, 3.05) is 11.9 Å². The van der Waals surface area contributed by atoms with Crippen molar-refractivity contribution in [1.82, 2.24) is 9.97 Å². The zero-order valence-corrected chi connectivity index (χ0v) is 14.6. The van der Waals surface area contributed by atoms with Crippen molar-refractivity contribution in [3.8, 4) is 17.0 Å². The van der Waals surface area contributed by atoms with Crippen LogP contribution in [0.4, 0.5) is 16.3 Å². The number of carbonyl (C=O) groups excluding carboxylic acids is 1. The van der Waals surface area contributed by atoms with Gasteiger partial charge in [-0.1, -0.05) is 36.4 Å². The Labute approximate surface area is 151 Å². The Morgan fingerprint density at radius 1 is 1.04 bits per heavy atom. The minimum atomic E-state index is -0.728. The average Bonchev–Trinajstić information content (AvgIpc) is 2.62. The minimum Gasteiger partial charge on any atom is -0.434 e. The van der Waals surface area contributed by atoms with Gasteiger partial charge < -0.3 is 14.8 Å². The molecule has 1 aromatic heterocycles. The summed E-state index contributed by atoms with van der Waals surface area (Å²) in [5, 5.41) is 3.22. The van der Waals surface area contributed by atoms with E-state index >= 15 is 0 Å². The van der Waals surface area contributed by atoms with Crippen LogP contribution in [-0.2, 0) is 4.74 Å². The number of hydrogen-bond donors (Lipinski definition) is 1. The molecule has 26 heavy (non-hydrogen) atoms. The zero-order chi connectivity index (χ0) is 18.4. The predicted octanol–water partition coefficient (Wildman–Crippen LogP) is 4.73. The highest BCUT2D eigenvalue weighted by Gasteiger charge is 2.08. The van der Waals surface area contributed by atoms with E-state index in [0.717, 1.165) is 16.9 Å². The lowest BCUT2D eigenvalue weighted by atomic mass is 10.1. The van der Waals surface area contributed by atoms with Crippen molar-refractivity contribution < 1.29 is 14.3 Å². The third kappa shape index (κ3) is 4.57. The first kappa shape index (κ1) is 17.4. The maximum atomic E-state index is 11.4. The molecule has 0 aliphatic rings. The summed E-state index contributed by atoms with van der Waals surface area (Å²) in [4.78, 5) is 20.3. The van der Waals surface area contributed by atoms with Gasteiger partial charge in [0.25, 0.3) is 0 Å². The highest BCUT2D eigenvalue weighted by molar-refractivity contribution is 5.68. The molecule has 0 spiro atoms. The second-order valence-electron chi connectivity index (χ2n) is 5.49. The van der Waals surface area contributed by atoms with Gasteiger partial charge in [0.05, 0.1) is 12.3 Å². The second kappa shape index (κ2) is 8.11. The Hall–Kier alpha value is -3.41. The number of hydrogen-bond acceptors (Lipinski definition) is 6. The quantitative estimate of drug-likeness (QED) is 0.530. The summed E-state index contributed by atoms with van der Waals surface area (Å²) >= 11 is 0. The number of nitrogens with one attached hydrogen (secondary N) is 1. The van der Waals surface area contributed by atoms with Crippen LogP contribution >= 0.6 is 0 Å². The molecule has 3 rings (SSSR count). The molecule has 1 heterocycles. The predicted molar refractivity (Wildman–Crippen MR) is 99.6 cm³/mol. The van der Waals surface area contributed by atoms with Crippen LogP contribution in [0, 0.1) is 6.92 Å². The van der Waals surface area contributed by atoms with Gasteiger partial charge in [-0.2, -0.15) is 0 Å². The van der Waals surface area contributed by atoms with E-state index in [2.05, 4.69) is 15.3 Å². The van der Waals surface area contributed by atoms with Gasteiger partial charge in [0, 0.05) is 23.4 Å². The maximum Gasteiger partial charge on any atom is 0.513 e. The largest absolute Gasteiger partial charge is 0.513 e. The van der Waals surface area contributed by atoms with E-state index < -0.39 is 6.16 Å². The monoisotopic (exact) mass is 349 g/mol. The maximum absolute atomic E-state index is 11.4. The summed E-state index contributed by atoms with van der Waals surface area (Å²) in [6, 6.07) is 18.8. The number of benzene rings is 2. The first-order chi connectivity index (χ1) is 12.6. The van der Waals surface area contributed by atoms with Crippen LogP contribution in [0.15, 0.2) is 60.7 Å². The molecule has 0 atom stereocenters. The Balaban J connectivity index is 1.81. The Kier molecular flexibility index (Phi) is 5.43. The summed E-state index contributed by atoms with van der Waals surface area (Å²) in [5.74, 6) is 1.71. The molecule has 0 fully saturated rings. The fourth-order valence-corrected chi connectivity index (χ4v) is 2.42. The van der Waals surface area contributed by atoms with Crippen molar-refractivity contribution in [3.05, 3.63) is 66.5 Å². The number of aryl methyl sites for hydroxylation is 1. The lowest BCUT2D eigenvalue weighted by molar-refractivity contribution is 0.104. The molecule has 0 unspecified atom stereocenters. The molecule has 0 amide bonds. The molecule has 0 saturated carbocycles. The van der Waals surface area contributed by atoms with Gasteiger partial charge in [0.2, 0.25) is 0 Å². The third-order valence-electron chi connectivity index (χ3n) is 3.48.